The molecule has 3 aromatic rings. The van der Waals surface area contributed by atoms with Gasteiger partial charge in [-0.3, -0.25) is 14.7 Å². The highest BCUT2D eigenvalue weighted by Crippen LogP contribution is 2.30. The second kappa shape index (κ2) is 6.39. The highest BCUT2D eigenvalue weighted by atomic mass is 16.2. The fourth-order valence-corrected chi connectivity index (χ4v) is 4.33. The van der Waals surface area contributed by atoms with Crippen LogP contribution in [0.5, 0.6) is 0 Å². The second-order valence-corrected chi connectivity index (χ2v) is 7.55. The molecule has 1 aromatic carbocycles. The van der Waals surface area contributed by atoms with Crippen molar-refractivity contribution in [3.8, 4) is 11.3 Å². The molecule has 2 fully saturated rings. The molecule has 6 heteroatoms. The Bertz CT molecular complexity index is 1000. The summed E-state index contributed by atoms with van der Waals surface area (Å²) in [5.41, 5.74) is 2.67. The molecule has 136 valence electrons. The van der Waals surface area contributed by atoms with E-state index < -0.39 is 0 Å². The van der Waals surface area contributed by atoms with E-state index in [1.807, 2.05) is 41.4 Å². The van der Waals surface area contributed by atoms with E-state index in [1.54, 1.807) is 6.20 Å². The Morgan fingerprint density at radius 3 is 2.81 bits per heavy atom. The summed E-state index contributed by atoms with van der Waals surface area (Å²) in [5, 5.41) is 10.3. The molecule has 0 unspecified atom stereocenters. The first-order chi connectivity index (χ1) is 13.2. The van der Waals surface area contributed by atoms with Crippen LogP contribution in [0.1, 0.15) is 12.1 Å². The number of pyridine rings is 1. The lowest BCUT2D eigenvalue weighted by Crippen LogP contribution is -2.47. The van der Waals surface area contributed by atoms with Crippen molar-refractivity contribution >= 4 is 16.7 Å². The highest BCUT2D eigenvalue weighted by Gasteiger charge is 2.43. The number of hydrogen-bond donors (Lipinski definition) is 0. The topological polar surface area (TPSA) is 62.2 Å². The third kappa shape index (κ3) is 2.96. The van der Waals surface area contributed by atoms with Gasteiger partial charge < -0.3 is 4.90 Å². The first-order valence-corrected chi connectivity index (χ1v) is 9.34. The second-order valence-electron chi connectivity index (χ2n) is 7.55. The van der Waals surface area contributed by atoms with Gasteiger partial charge in [-0.25, -0.2) is 0 Å². The molecule has 1 amide bonds. The number of piperazine rings is 1. The van der Waals surface area contributed by atoms with Gasteiger partial charge in [-0.1, -0.05) is 12.1 Å². The molecule has 2 saturated heterocycles. The molecule has 0 spiro atoms. The van der Waals surface area contributed by atoms with Gasteiger partial charge >= 0.3 is 0 Å². The number of rotatable bonds is 3. The van der Waals surface area contributed by atoms with Crippen molar-refractivity contribution in [2.75, 3.05) is 20.1 Å². The average Bonchev–Trinajstić information content (AvgIpc) is 3.27. The zero-order chi connectivity index (χ0) is 18.4. The number of hydrogen-bond acceptors (Lipinski definition) is 5. The molecule has 2 atom stereocenters. The maximum absolute atomic E-state index is 12.8. The largest absolute Gasteiger partial charge is 0.336 e. The predicted molar refractivity (Wildman–Crippen MR) is 103 cm³/mol. The summed E-state index contributed by atoms with van der Waals surface area (Å²) < 4.78 is 0. The molecule has 4 heterocycles. The maximum atomic E-state index is 12.8. The summed E-state index contributed by atoms with van der Waals surface area (Å²) in [7, 11) is 2.14. The monoisotopic (exact) mass is 359 g/mol. The normalized spacial score (nSPS) is 21.9. The fourth-order valence-electron chi connectivity index (χ4n) is 4.33. The van der Waals surface area contributed by atoms with Crippen LogP contribution in [-0.4, -0.2) is 63.1 Å². The minimum Gasteiger partial charge on any atom is -0.336 e. The van der Waals surface area contributed by atoms with Gasteiger partial charge in [0, 0.05) is 48.5 Å². The molecule has 5 rings (SSSR count). The SMILES string of the molecule is CN1C[C@H]2C[C@@H]1CN2C(=O)Cc1cc2cc(-c3cccnn3)ccc2cn1. The molecular formula is C21H21N5O. The predicted octanol–water partition coefficient (Wildman–Crippen LogP) is 2.15. The van der Waals surface area contributed by atoms with Crippen LogP contribution in [0.25, 0.3) is 22.0 Å². The Morgan fingerprint density at radius 1 is 1.15 bits per heavy atom. The smallest absolute Gasteiger partial charge is 0.228 e. The molecule has 2 aliphatic rings. The van der Waals surface area contributed by atoms with Crippen LogP contribution in [-0.2, 0) is 11.2 Å². The summed E-state index contributed by atoms with van der Waals surface area (Å²) >= 11 is 0. The molecule has 0 aliphatic carbocycles. The van der Waals surface area contributed by atoms with Gasteiger partial charge in [0.1, 0.15) is 0 Å². The Hall–Kier alpha value is -2.86. The standard InChI is InChI=1S/C21H21N5O/c1-25-12-19-10-18(25)13-26(19)21(27)9-17-8-16-7-14(4-5-15(16)11-22-17)20-3-2-6-23-24-20/h2-8,11,18-19H,9-10,12-13H2,1H3/t18-,19-/m1/s1. The number of likely N-dealkylation sites (N-methyl/N-ethyl adjacent to an activating group) is 1. The van der Waals surface area contributed by atoms with E-state index >= 15 is 0 Å². The summed E-state index contributed by atoms with van der Waals surface area (Å²) in [6.45, 7) is 1.84. The molecule has 0 saturated carbocycles. The van der Waals surface area contributed by atoms with Gasteiger partial charge in [0.15, 0.2) is 0 Å². The lowest BCUT2D eigenvalue weighted by molar-refractivity contribution is -0.132. The fraction of sp³-hybridized carbons (Fsp3) is 0.333. The van der Waals surface area contributed by atoms with Crippen LogP contribution in [0.3, 0.4) is 0 Å². The van der Waals surface area contributed by atoms with Gasteiger partial charge in [0.25, 0.3) is 0 Å². The minimum absolute atomic E-state index is 0.188. The van der Waals surface area contributed by atoms with Gasteiger partial charge in [0.05, 0.1) is 17.8 Å². The van der Waals surface area contributed by atoms with Crippen LogP contribution in [0.15, 0.2) is 48.8 Å². The van der Waals surface area contributed by atoms with Crippen LogP contribution in [0.2, 0.25) is 0 Å². The van der Waals surface area contributed by atoms with Crippen molar-refractivity contribution in [2.45, 2.75) is 24.9 Å². The van der Waals surface area contributed by atoms with E-state index in [1.165, 1.54) is 0 Å². The van der Waals surface area contributed by atoms with Gasteiger partial charge in [0.2, 0.25) is 5.91 Å². The highest BCUT2D eigenvalue weighted by molar-refractivity contribution is 5.87. The van der Waals surface area contributed by atoms with Crippen LogP contribution < -0.4 is 0 Å². The Labute approximate surface area is 157 Å². The van der Waals surface area contributed by atoms with Crippen molar-refractivity contribution in [3.63, 3.8) is 0 Å². The quantitative estimate of drug-likeness (QED) is 0.717. The number of carbonyl (C=O) groups is 1. The van der Waals surface area contributed by atoms with Crippen LogP contribution in [0.4, 0.5) is 0 Å². The third-order valence-electron chi connectivity index (χ3n) is 5.81. The first kappa shape index (κ1) is 16.3. The molecule has 2 aliphatic heterocycles. The lowest BCUT2D eigenvalue weighted by atomic mass is 10.0. The number of fused-ring (bicyclic) bond motifs is 3. The van der Waals surface area contributed by atoms with Crippen LogP contribution in [0, 0.1) is 0 Å². The van der Waals surface area contributed by atoms with Gasteiger partial charge in [-0.15, -0.1) is 0 Å². The van der Waals surface area contributed by atoms with Gasteiger partial charge in [-0.2, -0.15) is 10.2 Å². The van der Waals surface area contributed by atoms with E-state index in [9.17, 15) is 4.79 Å². The van der Waals surface area contributed by atoms with Crippen molar-refractivity contribution < 1.29 is 4.79 Å². The number of carbonyl (C=O) groups excluding carboxylic acids is 1. The zero-order valence-electron chi connectivity index (χ0n) is 15.2. The van der Waals surface area contributed by atoms with Gasteiger partial charge in [-0.05, 0) is 43.1 Å². The summed E-state index contributed by atoms with van der Waals surface area (Å²) in [4.78, 5) is 21.7. The molecule has 27 heavy (non-hydrogen) atoms. The van der Waals surface area contributed by atoms with E-state index in [0.29, 0.717) is 18.5 Å². The summed E-state index contributed by atoms with van der Waals surface area (Å²) in [5.74, 6) is 0.188. The summed E-state index contributed by atoms with van der Waals surface area (Å²) in [6, 6.07) is 12.9. The maximum Gasteiger partial charge on any atom is 0.228 e. The molecule has 6 nitrogen and oxygen atoms in total. The number of aromatic nitrogens is 3. The molecule has 2 aromatic heterocycles. The summed E-state index contributed by atoms with van der Waals surface area (Å²) in [6.07, 6.45) is 4.98. The Balaban J connectivity index is 1.38. The molecule has 0 N–H and O–H groups in total. The molecule has 2 bridgehead atoms. The van der Waals surface area contributed by atoms with Crippen LogP contribution >= 0.6 is 0 Å². The Kier molecular flexibility index (Phi) is 3.86. The zero-order valence-corrected chi connectivity index (χ0v) is 15.2. The number of amides is 1. The van der Waals surface area contributed by atoms with Crippen molar-refractivity contribution in [1.29, 1.82) is 0 Å². The first-order valence-electron chi connectivity index (χ1n) is 9.34. The van der Waals surface area contributed by atoms with Crippen molar-refractivity contribution in [1.82, 2.24) is 25.0 Å². The van der Waals surface area contributed by atoms with E-state index in [-0.39, 0.29) is 5.91 Å². The average molecular weight is 359 g/mol. The Morgan fingerprint density at radius 2 is 2.07 bits per heavy atom. The minimum atomic E-state index is 0.188. The van der Waals surface area contributed by atoms with Crippen molar-refractivity contribution in [3.05, 3.63) is 54.5 Å². The number of likely N-dealkylation sites (tertiary alicyclic amines) is 2. The molecular weight excluding hydrogens is 338 g/mol. The number of benzene rings is 1. The lowest BCUT2D eigenvalue weighted by Gasteiger charge is -2.32. The van der Waals surface area contributed by atoms with E-state index in [4.69, 9.17) is 0 Å². The number of nitrogens with zero attached hydrogens (tertiary/aromatic N) is 5. The third-order valence-corrected chi connectivity index (χ3v) is 5.81. The van der Waals surface area contributed by atoms with E-state index in [0.717, 1.165) is 47.2 Å². The van der Waals surface area contributed by atoms with E-state index in [2.05, 4.69) is 33.2 Å². The molecule has 0 radical (unpaired) electrons. The van der Waals surface area contributed by atoms with Crippen molar-refractivity contribution in [2.24, 2.45) is 0 Å².